The molecular formula is C21H23ClN2O3. The van der Waals surface area contributed by atoms with Crippen LogP contribution in [0.25, 0.3) is 0 Å². The molecule has 1 heterocycles. The number of nitrogens with zero attached hydrogens (tertiary/aromatic N) is 1. The van der Waals surface area contributed by atoms with Gasteiger partial charge in [-0.2, -0.15) is 0 Å². The molecule has 0 bridgehead atoms. The average molecular weight is 387 g/mol. The number of halogens is 1. The summed E-state index contributed by atoms with van der Waals surface area (Å²) in [5, 5.41) is 3.47. The molecule has 0 aliphatic carbocycles. The van der Waals surface area contributed by atoms with E-state index in [0.717, 1.165) is 17.5 Å². The van der Waals surface area contributed by atoms with Gasteiger partial charge in [-0.1, -0.05) is 48.0 Å². The number of carbonyl (C=O) groups is 2. The fourth-order valence-corrected chi connectivity index (χ4v) is 3.45. The van der Waals surface area contributed by atoms with Gasteiger partial charge >= 0.3 is 6.09 Å². The zero-order chi connectivity index (χ0) is 19.4. The van der Waals surface area contributed by atoms with E-state index < -0.39 is 11.6 Å². The molecule has 0 radical (unpaired) electrons. The van der Waals surface area contributed by atoms with Crippen LogP contribution in [0.3, 0.4) is 0 Å². The van der Waals surface area contributed by atoms with Crippen molar-refractivity contribution in [3.05, 3.63) is 64.7 Å². The first-order valence-electron chi connectivity index (χ1n) is 8.96. The van der Waals surface area contributed by atoms with Crippen LogP contribution >= 0.6 is 11.6 Å². The van der Waals surface area contributed by atoms with Crippen LogP contribution < -0.4 is 5.32 Å². The molecule has 1 aliphatic heterocycles. The van der Waals surface area contributed by atoms with Gasteiger partial charge in [0.15, 0.2) is 0 Å². The third-order valence-electron chi connectivity index (χ3n) is 5.00. The predicted molar refractivity (Wildman–Crippen MR) is 106 cm³/mol. The van der Waals surface area contributed by atoms with E-state index in [-0.39, 0.29) is 12.5 Å². The molecule has 0 aromatic heterocycles. The third-order valence-corrected chi connectivity index (χ3v) is 5.24. The van der Waals surface area contributed by atoms with Gasteiger partial charge in [-0.25, -0.2) is 4.79 Å². The lowest BCUT2D eigenvalue weighted by molar-refractivity contribution is -0.125. The summed E-state index contributed by atoms with van der Waals surface area (Å²) >= 11 is 6.04. The average Bonchev–Trinajstić information content (AvgIpc) is 3.07. The van der Waals surface area contributed by atoms with Gasteiger partial charge in [0.25, 0.3) is 0 Å². The van der Waals surface area contributed by atoms with E-state index in [4.69, 9.17) is 16.3 Å². The highest BCUT2D eigenvalue weighted by Crippen LogP contribution is 2.32. The highest BCUT2D eigenvalue weighted by molar-refractivity contribution is 6.31. The molecule has 1 aliphatic rings. The van der Waals surface area contributed by atoms with Crippen LogP contribution in [0.15, 0.2) is 48.5 Å². The monoisotopic (exact) mass is 386 g/mol. The van der Waals surface area contributed by atoms with Crippen molar-refractivity contribution < 1.29 is 14.3 Å². The Labute approximate surface area is 164 Å². The number of anilines is 1. The number of ether oxygens (including phenoxy) is 1. The summed E-state index contributed by atoms with van der Waals surface area (Å²) in [4.78, 5) is 27.1. The second-order valence-corrected chi connectivity index (χ2v) is 7.42. The number of benzene rings is 2. The number of hydrogen-bond acceptors (Lipinski definition) is 3. The first-order chi connectivity index (χ1) is 12.9. The first kappa shape index (κ1) is 19.2. The van der Waals surface area contributed by atoms with Crippen molar-refractivity contribution in [3.63, 3.8) is 0 Å². The van der Waals surface area contributed by atoms with E-state index in [2.05, 4.69) is 5.32 Å². The van der Waals surface area contributed by atoms with Crippen LogP contribution in [-0.2, 0) is 16.1 Å². The lowest BCUT2D eigenvalue weighted by Gasteiger charge is -2.33. The molecule has 1 unspecified atom stereocenters. The molecule has 5 nitrogen and oxygen atoms in total. The van der Waals surface area contributed by atoms with E-state index in [1.54, 1.807) is 19.1 Å². The number of nitrogens with one attached hydrogen (secondary N) is 1. The first-order valence-corrected chi connectivity index (χ1v) is 9.34. The molecule has 0 spiro atoms. The van der Waals surface area contributed by atoms with Gasteiger partial charge in [0.05, 0.1) is 0 Å². The van der Waals surface area contributed by atoms with Gasteiger partial charge in [0.1, 0.15) is 12.1 Å². The highest BCUT2D eigenvalue weighted by Gasteiger charge is 2.46. The molecule has 1 N–H and O–H groups in total. The minimum atomic E-state index is -0.956. The largest absolute Gasteiger partial charge is 0.445 e. The van der Waals surface area contributed by atoms with Gasteiger partial charge in [0, 0.05) is 17.3 Å². The number of carbonyl (C=O) groups excluding carboxylic acids is 2. The van der Waals surface area contributed by atoms with E-state index in [1.165, 1.54) is 4.90 Å². The summed E-state index contributed by atoms with van der Waals surface area (Å²) in [5.74, 6) is -0.234. The van der Waals surface area contributed by atoms with Crippen LogP contribution in [0, 0.1) is 6.92 Å². The molecule has 2 amide bonds. The zero-order valence-corrected chi connectivity index (χ0v) is 16.3. The fraction of sp³-hybridized carbons (Fsp3) is 0.333. The second-order valence-electron chi connectivity index (χ2n) is 6.98. The molecule has 0 saturated carbocycles. The molecule has 1 fully saturated rings. The van der Waals surface area contributed by atoms with Crippen LogP contribution in [0.5, 0.6) is 0 Å². The molecule has 1 atom stereocenters. The second kappa shape index (κ2) is 8.01. The van der Waals surface area contributed by atoms with E-state index >= 15 is 0 Å². The van der Waals surface area contributed by atoms with Gasteiger partial charge in [-0.3, -0.25) is 9.69 Å². The lowest BCUT2D eigenvalue weighted by Crippen LogP contribution is -2.53. The maximum atomic E-state index is 13.0. The Hall–Kier alpha value is -2.53. The molecular weight excluding hydrogens is 364 g/mol. The van der Waals surface area contributed by atoms with E-state index in [1.807, 2.05) is 43.3 Å². The maximum absolute atomic E-state index is 13.0. The van der Waals surface area contributed by atoms with Crippen molar-refractivity contribution in [1.29, 1.82) is 0 Å². The van der Waals surface area contributed by atoms with Gasteiger partial charge < -0.3 is 10.1 Å². The number of amides is 2. The van der Waals surface area contributed by atoms with Crippen molar-refractivity contribution in [3.8, 4) is 0 Å². The normalized spacial score (nSPS) is 19.0. The Morgan fingerprint density at radius 3 is 2.70 bits per heavy atom. The molecule has 3 rings (SSSR count). The standard InChI is InChI=1S/C21H23ClN2O3/c1-15-9-10-17(22)13-18(15)23-19(25)21(2)11-6-12-24(21)20(26)27-14-16-7-4-3-5-8-16/h3-5,7-10,13H,6,11-12,14H2,1-2H3,(H,23,25). The predicted octanol–water partition coefficient (Wildman–Crippen LogP) is 4.78. The SMILES string of the molecule is Cc1ccc(Cl)cc1NC(=O)C1(C)CCCN1C(=O)OCc1ccccc1. The summed E-state index contributed by atoms with van der Waals surface area (Å²) < 4.78 is 5.44. The minimum Gasteiger partial charge on any atom is -0.445 e. The smallest absolute Gasteiger partial charge is 0.410 e. The lowest BCUT2D eigenvalue weighted by atomic mass is 9.97. The van der Waals surface area contributed by atoms with Crippen LogP contribution in [-0.4, -0.2) is 29.0 Å². The summed E-state index contributed by atoms with van der Waals surface area (Å²) in [7, 11) is 0. The minimum absolute atomic E-state index is 0.182. The number of likely N-dealkylation sites (tertiary alicyclic amines) is 1. The summed E-state index contributed by atoms with van der Waals surface area (Å²) in [6.45, 7) is 4.35. The fourth-order valence-electron chi connectivity index (χ4n) is 3.28. The summed E-state index contributed by atoms with van der Waals surface area (Å²) in [5.41, 5.74) is 1.51. The summed E-state index contributed by atoms with van der Waals surface area (Å²) in [6, 6.07) is 14.8. The van der Waals surface area contributed by atoms with Crippen molar-refractivity contribution >= 4 is 29.3 Å². The van der Waals surface area contributed by atoms with Crippen LogP contribution in [0.1, 0.15) is 30.9 Å². The third kappa shape index (κ3) is 4.25. The van der Waals surface area contributed by atoms with E-state index in [9.17, 15) is 9.59 Å². The highest BCUT2D eigenvalue weighted by atomic mass is 35.5. The zero-order valence-electron chi connectivity index (χ0n) is 15.5. The topological polar surface area (TPSA) is 58.6 Å². The Bertz CT molecular complexity index is 841. The van der Waals surface area contributed by atoms with E-state index in [0.29, 0.717) is 23.7 Å². The Kier molecular flexibility index (Phi) is 5.71. The Morgan fingerprint density at radius 2 is 1.96 bits per heavy atom. The van der Waals surface area contributed by atoms with Crippen molar-refractivity contribution in [2.24, 2.45) is 0 Å². The van der Waals surface area contributed by atoms with Crippen molar-refractivity contribution in [1.82, 2.24) is 4.90 Å². The Morgan fingerprint density at radius 1 is 1.22 bits per heavy atom. The summed E-state index contributed by atoms with van der Waals surface area (Å²) in [6.07, 6.45) is 0.856. The molecule has 1 saturated heterocycles. The van der Waals surface area contributed by atoms with Gasteiger partial charge in [0.2, 0.25) is 5.91 Å². The number of rotatable bonds is 4. The van der Waals surface area contributed by atoms with Crippen LogP contribution in [0.4, 0.5) is 10.5 Å². The van der Waals surface area contributed by atoms with Gasteiger partial charge in [-0.15, -0.1) is 0 Å². The number of hydrogen-bond donors (Lipinski definition) is 1. The van der Waals surface area contributed by atoms with Crippen molar-refractivity contribution in [2.75, 3.05) is 11.9 Å². The Balaban J connectivity index is 1.70. The molecule has 2 aromatic rings. The molecule has 6 heteroatoms. The van der Waals surface area contributed by atoms with Crippen molar-refractivity contribution in [2.45, 2.75) is 38.8 Å². The molecule has 142 valence electrons. The number of aryl methyl sites for hydroxylation is 1. The maximum Gasteiger partial charge on any atom is 0.410 e. The quantitative estimate of drug-likeness (QED) is 0.822. The molecule has 27 heavy (non-hydrogen) atoms. The molecule has 2 aromatic carbocycles. The van der Waals surface area contributed by atoms with Gasteiger partial charge in [-0.05, 0) is 49.9 Å². The van der Waals surface area contributed by atoms with Crippen LogP contribution in [0.2, 0.25) is 5.02 Å².